The highest BCUT2D eigenvalue weighted by molar-refractivity contribution is 5.78. The first-order valence-corrected chi connectivity index (χ1v) is 7.48. The van der Waals surface area contributed by atoms with Gasteiger partial charge in [-0.25, -0.2) is 0 Å². The molecule has 1 heterocycles. The fourth-order valence-corrected chi connectivity index (χ4v) is 2.59. The van der Waals surface area contributed by atoms with Crippen LogP contribution in [0.2, 0.25) is 0 Å². The molecule has 0 aromatic heterocycles. The molecule has 0 unspecified atom stereocenters. The van der Waals surface area contributed by atoms with Gasteiger partial charge >= 0.3 is 0 Å². The normalized spacial score (nSPS) is 16.4. The molecule has 20 heavy (non-hydrogen) atoms. The summed E-state index contributed by atoms with van der Waals surface area (Å²) in [6.45, 7) is 6.49. The molecule has 110 valence electrons. The van der Waals surface area contributed by atoms with Gasteiger partial charge in [0.25, 0.3) is 0 Å². The lowest BCUT2D eigenvalue weighted by atomic mass is 10.0. The van der Waals surface area contributed by atoms with Crippen LogP contribution in [0.15, 0.2) is 30.3 Å². The van der Waals surface area contributed by atoms with Crippen molar-refractivity contribution in [1.82, 2.24) is 10.6 Å². The van der Waals surface area contributed by atoms with Crippen molar-refractivity contribution in [2.75, 3.05) is 24.5 Å². The van der Waals surface area contributed by atoms with Crippen LogP contribution in [0.3, 0.4) is 0 Å². The highest BCUT2D eigenvalue weighted by Crippen LogP contribution is 2.19. The molecular weight excluding hydrogens is 250 g/mol. The van der Waals surface area contributed by atoms with Gasteiger partial charge in [0, 0.05) is 30.9 Å². The fourth-order valence-electron chi connectivity index (χ4n) is 2.59. The van der Waals surface area contributed by atoms with Crippen molar-refractivity contribution in [3.63, 3.8) is 0 Å². The molecule has 4 heteroatoms. The summed E-state index contributed by atoms with van der Waals surface area (Å²) in [6, 6.07) is 11.2. The monoisotopic (exact) mass is 275 g/mol. The van der Waals surface area contributed by atoms with Gasteiger partial charge in [-0.05, 0) is 38.8 Å². The number of hydrogen-bond donors (Lipinski definition) is 2. The molecule has 1 aliphatic heterocycles. The molecule has 0 spiro atoms. The summed E-state index contributed by atoms with van der Waals surface area (Å²) >= 11 is 0. The zero-order valence-electron chi connectivity index (χ0n) is 12.4. The second kappa shape index (κ2) is 7.29. The third-order valence-corrected chi connectivity index (χ3v) is 3.62. The third-order valence-electron chi connectivity index (χ3n) is 3.62. The van der Waals surface area contributed by atoms with Gasteiger partial charge in [-0.3, -0.25) is 4.79 Å². The molecular formula is C16H25N3O. The maximum absolute atomic E-state index is 11.6. The lowest BCUT2D eigenvalue weighted by molar-refractivity contribution is -0.120. The zero-order chi connectivity index (χ0) is 14.4. The van der Waals surface area contributed by atoms with Crippen molar-refractivity contribution >= 4 is 11.6 Å². The number of benzene rings is 1. The Kier molecular flexibility index (Phi) is 5.41. The van der Waals surface area contributed by atoms with Crippen molar-refractivity contribution < 1.29 is 4.79 Å². The quantitative estimate of drug-likeness (QED) is 0.861. The van der Waals surface area contributed by atoms with Crippen molar-refractivity contribution in [3.8, 4) is 0 Å². The van der Waals surface area contributed by atoms with Crippen LogP contribution in [-0.4, -0.2) is 37.6 Å². The van der Waals surface area contributed by atoms with Gasteiger partial charge in [-0.15, -0.1) is 0 Å². The highest BCUT2D eigenvalue weighted by Gasteiger charge is 2.19. The average molecular weight is 275 g/mol. The standard InChI is InChI=1S/C16H25N3O/c1-13(2)18-16(20)12-17-14-8-10-19(11-9-14)15-6-4-3-5-7-15/h3-7,13-14,17H,8-12H2,1-2H3,(H,18,20). The van der Waals surface area contributed by atoms with Gasteiger partial charge in [0.15, 0.2) is 0 Å². The molecule has 0 bridgehead atoms. The summed E-state index contributed by atoms with van der Waals surface area (Å²) in [5.74, 6) is 0.0884. The number of rotatable bonds is 5. The Morgan fingerprint density at radius 2 is 1.90 bits per heavy atom. The van der Waals surface area contributed by atoms with Crippen molar-refractivity contribution in [3.05, 3.63) is 30.3 Å². The maximum Gasteiger partial charge on any atom is 0.234 e. The van der Waals surface area contributed by atoms with Gasteiger partial charge in [-0.2, -0.15) is 0 Å². The maximum atomic E-state index is 11.6. The van der Waals surface area contributed by atoms with E-state index >= 15 is 0 Å². The number of nitrogens with zero attached hydrogens (tertiary/aromatic N) is 1. The van der Waals surface area contributed by atoms with Crippen LogP contribution in [0, 0.1) is 0 Å². The summed E-state index contributed by atoms with van der Waals surface area (Å²) in [6.07, 6.45) is 2.17. The molecule has 1 saturated heterocycles. The number of carbonyl (C=O) groups is 1. The summed E-state index contributed by atoms with van der Waals surface area (Å²) in [4.78, 5) is 14.0. The lowest BCUT2D eigenvalue weighted by Crippen LogP contribution is -2.46. The Balaban J connectivity index is 1.71. The Morgan fingerprint density at radius 3 is 2.50 bits per heavy atom. The van der Waals surface area contributed by atoms with Gasteiger partial charge < -0.3 is 15.5 Å². The van der Waals surface area contributed by atoms with Gasteiger partial charge in [0.1, 0.15) is 0 Å². The smallest absolute Gasteiger partial charge is 0.234 e. The second-order valence-electron chi connectivity index (χ2n) is 5.70. The van der Waals surface area contributed by atoms with E-state index in [0.717, 1.165) is 25.9 Å². The second-order valence-corrected chi connectivity index (χ2v) is 5.70. The van der Waals surface area contributed by atoms with Gasteiger partial charge in [0.05, 0.1) is 6.54 Å². The van der Waals surface area contributed by atoms with Crippen LogP contribution >= 0.6 is 0 Å². The molecule has 0 radical (unpaired) electrons. The van der Waals surface area contributed by atoms with Crippen LogP contribution in [0.1, 0.15) is 26.7 Å². The third kappa shape index (κ3) is 4.53. The largest absolute Gasteiger partial charge is 0.371 e. The highest BCUT2D eigenvalue weighted by atomic mass is 16.1. The number of piperidine rings is 1. The molecule has 0 aliphatic carbocycles. The fraction of sp³-hybridized carbons (Fsp3) is 0.562. The first-order chi connectivity index (χ1) is 9.65. The van der Waals surface area contributed by atoms with E-state index in [4.69, 9.17) is 0 Å². The van der Waals surface area contributed by atoms with Crippen molar-refractivity contribution in [2.45, 2.75) is 38.8 Å². The average Bonchev–Trinajstić information content (AvgIpc) is 2.46. The predicted molar refractivity (Wildman–Crippen MR) is 83.0 cm³/mol. The van der Waals surface area contributed by atoms with E-state index in [1.165, 1.54) is 5.69 Å². The Bertz CT molecular complexity index is 411. The van der Waals surface area contributed by atoms with E-state index < -0.39 is 0 Å². The number of anilines is 1. The minimum atomic E-state index is 0.0884. The summed E-state index contributed by atoms with van der Waals surface area (Å²) in [7, 11) is 0. The Hall–Kier alpha value is -1.55. The SMILES string of the molecule is CC(C)NC(=O)CNC1CCN(c2ccccc2)CC1. The number of amides is 1. The number of nitrogens with one attached hydrogen (secondary N) is 2. The summed E-state index contributed by atoms with van der Waals surface area (Å²) < 4.78 is 0. The minimum Gasteiger partial charge on any atom is -0.371 e. The topological polar surface area (TPSA) is 44.4 Å². The number of para-hydroxylation sites is 1. The molecule has 1 aromatic rings. The van der Waals surface area contributed by atoms with E-state index in [1.54, 1.807) is 0 Å². The lowest BCUT2D eigenvalue weighted by Gasteiger charge is -2.34. The first kappa shape index (κ1) is 14.9. The van der Waals surface area contributed by atoms with Crippen LogP contribution in [0.5, 0.6) is 0 Å². The van der Waals surface area contributed by atoms with Crippen molar-refractivity contribution in [1.29, 1.82) is 0 Å². The van der Waals surface area contributed by atoms with Crippen LogP contribution in [0.4, 0.5) is 5.69 Å². The zero-order valence-corrected chi connectivity index (χ0v) is 12.4. The van der Waals surface area contributed by atoms with Crippen LogP contribution in [0.25, 0.3) is 0 Å². The van der Waals surface area contributed by atoms with E-state index in [2.05, 4.69) is 39.8 Å². The Labute approximate surface area is 121 Å². The van der Waals surface area contributed by atoms with E-state index in [9.17, 15) is 4.79 Å². The Morgan fingerprint density at radius 1 is 1.25 bits per heavy atom. The van der Waals surface area contributed by atoms with E-state index in [-0.39, 0.29) is 11.9 Å². The van der Waals surface area contributed by atoms with E-state index in [0.29, 0.717) is 12.6 Å². The number of hydrogen-bond acceptors (Lipinski definition) is 3. The molecule has 1 amide bonds. The van der Waals surface area contributed by atoms with Gasteiger partial charge in [0.2, 0.25) is 5.91 Å². The molecule has 1 aromatic carbocycles. The first-order valence-electron chi connectivity index (χ1n) is 7.48. The molecule has 2 rings (SSSR count). The molecule has 2 N–H and O–H groups in total. The molecule has 4 nitrogen and oxygen atoms in total. The molecule has 0 saturated carbocycles. The van der Waals surface area contributed by atoms with Crippen molar-refractivity contribution in [2.24, 2.45) is 0 Å². The summed E-state index contributed by atoms with van der Waals surface area (Å²) in [5, 5.41) is 6.27. The van der Waals surface area contributed by atoms with Crippen LogP contribution < -0.4 is 15.5 Å². The minimum absolute atomic E-state index is 0.0884. The van der Waals surface area contributed by atoms with Gasteiger partial charge in [-0.1, -0.05) is 18.2 Å². The van der Waals surface area contributed by atoms with E-state index in [1.807, 2.05) is 19.9 Å². The van der Waals surface area contributed by atoms with Crippen LogP contribution in [-0.2, 0) is 4.79 Å². The predicted octanol–water partition coefficient (Wildman–Crippen LogP) is 1.77. The summed E-state index contributed by atoms with van der Waals surface area (Å²) in [5.41, 5.74) is 1.29. The number of carbonyl (C=O) groups excluding carboxylic acids is 1. The molecule has 1 aliphatic rings. The molecule has 0 atom stereocenters. The molecule has 1 fully saturated rings.